The zero-order valence-corrected chi connectivity index (χ0v) is 18.5. The number of rotatable bonds is 6. The van der Waals surface area contributed by atoms with Crippen molar-refractivity contribution < 1.29 is 9.29 Å². The Hall–Kier alpha value is -2.33. The van der Waals surface area contributed by atoms with Crippen LogP contribution in [0.1, 0.15) is 39.7 Å². The number of aromatic nitrogens is 3. The van der Waals surface area contributed by atoms with Gasteiger partial charge in [-0.05, 0) is 51.5 Å². The third-order valence-electron chi connectivity index (χ3n) is 5.01. The van der Waals surface area contributed by atoms with Crippen LogP contribution in [-0.2, 0) is 29.4 Å². The fourth-order valence-electron chi connectivity index (χ4n) is 3.52. The molecule has 9 heteroatoms. The maximum atomic E-state index is 12.8. The van der Waals surface area contributed by atoms with Crippen molar-refractivity contribution in [3.8, 4) is 0 Å². The van der Waals surface area contributed by atoms with E-state index in [1.807, 2.05) is 35.5 Å². The number of fused-ring (bicyclic) bond motifs is 2. The molecule has 1 unspecified atom stereocenters. The molecule has 2 N–H and O–H groups in total. The smallest absolute Gasteiger partial charge is 0.261 e. The number of aromatic amines is 1. The normalized spacial score (nSPS) is 16.9. The number of anilines is 2. The summed E-state index contributed by atoms with van der Waals surface area (Å²) in [7, 11) is 0. The summed E-state index contributed by atoms with van der Waals surface area (Å²) < 4.78 is 22.1. The molecule has 0 spiro atoms. The molecular formula is C21H27N5O3S. The molecule has 0 radical (unpaired) electrons. The summed E-state index contributed by atoms with van der Waals surface area (Å²) in [5, 5.41) is 8.33. The maximum absolute atomic E-state index is 12.8. The predicted molar refractivity (Wildman–Crippen MR) is 118 cm³/mol. The van der Waals surface area contributed by atoms with E-state index >= 15 is 0 Å². The lowest BCUT2D eigenvalue weighted by atomic mass is 10.1. The number of benzene rings is 1. The van der Waals surface area contributed by atoms with Gasteiger partial charge >= 0.3 is 0 Å². The molecule has 0 bridgehead atoms. The molecule has 3 aromatic rings. The molecule has 0 fully saturated rings. The Morgan fingerprint density at radius 2 is 2.13 bits per heavy atom. The highest BCUT2D eigenvalue weighted by Gasteiger charge is 2.41. The molecule has 1 aromatic carbocycles. The summed E-state index contributed by atoms with van der Waals surface area (Å²) in [6, 6.07) is 7.55. The minimum Gasteiger partial charge on any atom is -0.593 e. The highest BCUT2D eigenvalue weighted by Crippen LogP contribution is 2.37. The first-order valence-corrected chi connectivity index (χ1v) is 11.2. The van der Waals surface area contributed by atoms with Crippen LogP contribution in [0.3, 0.4) is 0 Å². The zero-order chi connectivity index (χ0) is 21.5. The summed E-state index contributed by atoms with van der Waals surface area (Å²) in [5.74, 6) is 0.471. The number of hydrogen-bond donors (Lipinski definition) is 2. The van der Waals surface area contributed by atoms with E-state index in [-0.39, 0.29) is 17.8 Å². The van der Waals surface area contributed by atoms with Crippen LogP contribution >= 0.6 is 0 Å². The van der Waals surface area contributed by atoms with Crippen LogP contribution in [0.5, 0.6) is 0 Å². The lowest BCUT2D eigenvalue weighted by Gasteiger charge is -2.29. The molecule has 3 heterocycles. The van der Waals surface area contributed by atoms with E-state index in [1.165, 1.54) is 0 Å². The molecule has 0 saturated carbocycles. The molecule has 0 saturated heterocycles. The lowest BCUT2D eigenvalue weighted by molar-refractivity contribution is 0.0725. The van der Waals surface area contributed by atoms with E-state index < -0.39 is 11.4 Å². The molecule has 1 aliphatic heterocycles. The minimum absolute atomic E-state index is 0.196. The topological polar surface area (TPSA) is 98.2 Å². The van der Waals surface area contributed by atoms with E-state index in [0.717, 1.165) is 22.6 Å². The van der Waals surface area contributed by atoms with E-state index in [1.54, 1.807) is 10.9 Å². The number of nitrogens with zero attached hydrogens (tertiary/aromatic N) is 3. The number of H-pyrrole nitrogens is 1. The van der Waals surface area contributed by atoms with Crippen LogP contribution in [0.15, 0.2) is 40.2 Å². The molecule has 0 amide bonds. The van der Waals surface area contributed by atoms with Gasteiger partial charge in [-0.15, -0.1) is 4.31 Å². The van der Waals surface area contributed by atoms with E-state index in [2.05, 4.69) is 36.2 Å². The van der Waals surface area contributed by atoms with Crippen LogP contribution < -0.4 is 10.9 Å². The second kappa shape index (κ2) is 8.07. The first kappa shape index (κ1) is 20.9. The van der Waals surface area contributed by atoms with Crippen molar-refractivity contribution in [1.82, 2.24) is 19.1 Å². The van der Waals surface area contributed by atoms with Gasteiger partial charge in [-0.3, -0.25) is 4.79 Å². The number of ether oxygens (including phenoxy) is 1. The second-order valence-corrected chi connectivity index (χ2v) is 9.74. The van der Waals surface area contributed by atoms with Crippen molar-refractivity contribution in [2.45, 2.75) is 57.8 Å². The molecule has 160 valence electrons. The van der Waals surface area contributed by atoms with Gasteiger partial charge in [0.05, 0.1) is 29.0 Å². The number of nitrogens with one attached hydrogen (secondary N) is 2. The Labute approximate surface area is 178 Å². The third-order valence-corrected chi connectivity index (χ3v) is 6.86. The summed E-state index contributed by atoms with van der Waals surface area (Å²) in [6.07, 6.45) is 2.52. The number of pyridine rings is 1. The van der Waals surface area contributed by atoms with Gasteiger partial charge in [-0.1, -0.05) is 6.92 Å². The summed E-state index contributed by atoms with van der Waals surface area (Å²) >= 11 is -1.17. The Bertz CT molecular complexity index is 1120. The molecule has 1 aliphatic rings. The molecule has 4 rings (SSSR count). The van der Waals surface area contributed by atoms with Crippen molar-refractivity contribution in [2.75, 3.05) is 11.9 Å². The number of hydrogen-bond acceptors (Lipinski definition) is 6. The Kier molecular flexibility index (Phi) is 5.63. The van der Waals surface area contributed by atoms with E-state index in [9.17, 15) is 9.35 Å². The van der Waals surface area contributed by atoms with Gasteiger partial charge in [0.1, 0.15) is 12.1 Å². The highest BCUT2D eigenvalue weighted by atomic mass is 32.2. The van der Waals surface area contributed by atoms with Crippen LogP contribution in [0.25, 0.3) is 10.9 Å². The van der Waals surface area contributed by atoms with Crippen LogP contribution in [0, 0.1) is 0 Å². The molecule has 30 heavy (non-hydrogen) atoms. The Balaban J connectivity index is 1.65. The SMILES string of the molecule is CCCOCn1nc(Nc2ccc3c(c2)CN(C(C)(C)C)[S+]3[O-])c2c(=O)[nH]ccc21. The van der Waals surface area contributed by atoms with E-state index in [0.29, 0.717) is 29.9 Å². The lowest BCUT2D eigenvalue weighted by Crippen LogP contribution is -2.41. The fraction of sp³-hybridized carbons (Fsp3) is 0.429. The van der Waals surface area contributed by atoms with Crippen molar-refractivity contribution in [2.24, 2.45) is 0 Å². The largest absolute Gasteiger partial charge is 0.593 e. The Morgan fingerprint density at radius 1 is 1.33 bits per heavy atom. The molecule has 2 aromatic heterocycles. The average molecular weight is 430 g/mol. The average Bonchev–Trinajstić information content (AvgIpc) is 3.21. The predicted octanol–water partition coefficient (Wildman–Crippen LogP) is 3.49. The van der Waals surface area contributed by atoms with Crippen LogP contribution in [0.2, 0.25) is 0 Å². The minimum atomic E-state index is -1.17. The van der Waals surface area contributed by atoms with Gasteiger partial charge in [0, 0.05) is 24.1 Å². The highest BCUT2D eigenvalue weighted by molar-refractivity contribution is 7.89. The molecule has 0 aliphatic carbocycles. The third kappa shape index (κ3) is 3.85. The fourth-order valence-corrected chi connectivity index (χ4v) is 5.05. The molecule has 1 atom stereocenters. The zero-order valence-electron chi connectivity index (χ0n) is 17.7. The Morgan fingerprint density at radius 3 is 2.87 bits per heavy atom. The summed E-state index contributed by atoms with van der Waals surface area (Å²) in [6.45, 7) is 9.73. The van der Waals surface area contributed by atoms with Gasteiger partial charge in [0.25, 0.3) is 5.56 Å². The maximum Gasteiger partial charge on any atom is 0.261 e. The summed E-state index contributed by atoms with van der Waals surface area (Å²) in [5.41, 5.74) is 2.11. The first-order chi connectivity index (χ1) is 14.3. The van der Waals surface area contributed by atoms with Crippen molar-refractivity contribution in [3.05, 3.63) is 46.4 Å². The van der Waals surface area contributed by atoms with E-state index in [4.69, 9.17) is 4.74 Å². The van der Waals surface area contributed by atoms with Crippen LogP contribution in [0.4, 0.5) is 11.5 Å². The van der Waals surface area contributed by atoms with Crippen molar-refractivity contribution in [1.29, 1.82) is 0 Å². The van der Waals surface area contributed by atoms with Gasteiger partial charge in [0.15, 0.2) is 10.7 Å². The quantitative estimate of drug-likeness (QED) is 0.460. The van der Waals surface area contributed by atoms with Crippen LogP contribution in [-0.4, -0.2) is 35.8 Å². The van der Waals surface area contributed by atoms with Crippen molar-refractivity contribution in [3.63, 3.8) is 0 Å². The second-order valence-electron chi connectivity index (χ2n) is 8.36. The van der Waals surface area contributed by atoms with Gasteiger partial charge in [-0.25, -0.2) is 4.68 Å². The van der Waals surface area contributed by atoms with Gasteiger partial charge in [-0.2, -0.15) is 5.10 Å². The first-order valence-electron chi connectivity index (χ1n) is 10.0. The molecular weight excluding hydrogens is 402 g/mol. The monoisotopic (exact) mass is 429 g/mol. The summed E-state index contributed by atoms with van der Waals surface area (Å²) in [4.78, 5) is 16.0. The van der Waals surface area contributed by atoms with Gasteiger partial charge in [0.2, 0.25) is 0 Å². The van der Waals surface area contributed by atoms with Crippen molar-refractivity contribution >= 4 is 33.8 Å². The molecule has 8 nitrogen and oxygen atoms in total. The standard InChI is InChI=1S/C21H27N5O3S/c1-5-10-29-13-25-16-8-9-22-20(27)18(16)19(24-25)23-15-6-7-17-14(11-15)12-26(30(17)28)21(2,3)4/h6-9,11H,5,10,12-13H2,1-4H3,(H,22,27)(H,23,24). The van der Waals surface area contributed by atoms with Gasteiger partial charge < -0.3 is 19.6 Å².